The van der Waals surface area contributed by atoms with E-state index in [1.807, 2.05) is 24.3 Å². The highest BCUT2D eigenvalue weighted by atomic mass is 79.9. The molecule has 1 nitrogen and oxygen atoms in total. The third kappa shape index (κ3) is 3.61. The molecule has 0 saturated heterocycles. The van der Waals surface area contributed by atoms with E-state index >= 15 is 0 Å². The van der Waals surface area contributed by atoms with Crippen LogP contribution < -0.4 is 4.74 Å². The summed E-state index contributed by atoms with van der Waals surface area (Å²) in [5, 5.41) is 0.778. The number of hydrogen-bond donors (Lipinski definition) is 0. The summed E-state index contributed by atoms with van der Waals surface area (Å²) in [7, 11) is 1.48. The molecule has 1 atom stereocenters. The molecule has 1 unspecified atom stereocenters. The second-order valence-corrected chi connectivity index (χ2v) is 6.11. The number of ether oxygens (including phenoxy) is 1. The van der Waals surface area contributed by atoms with E-state index in [2.05, 4.69) is 44.0 Å². The first-order valence-electron chi connectivity index (χ1n) is 6.28. The van der Waals surface area contributed by atoms with Crippen LogP contribution in [0.4, 0.5) is 4.39 Å². The molecule has 0 saturated carbocycles. The maximum Gasteiger partial charge on any atom is 0.168 e. The van der Waals surface area contributed by atoms with Crippen LogP contribution in [0.1, 0.15) is 17.0 Å². The Labute approximate surface area is 135 Å². The highest BCUT2D eigenvalue weighted by molar-refractivity contribution is 9.10. The molecule has 0 fully saturated rings. The molecular weight excluding hydrogens is 387 g/mol. The van der Waals surface area contributed by atoms with Crippen molar-refractivity contribution >= 4 is 31.9 Å². The molecule has 4 heteroatoms. The van der Waals surface area contributed by atoms with Crippen molar-refractivity contribution in [3.8, 4) is 5.75 Å². The van der Waals surface area contributed by atoms with Gasteiger partial charge in [-0.25, -0.2) is 4.39 Å². The average Bonchev–Trinajstić information content (AvgIpc) is 2.46. The molecule has 0 bridgehead atoms. The largest absolute Gasteiger partial charge is 0.494 e. The Morgan fingerprint density at radius 3 is 2.60 bits per heavy atom. The lowest BCUT2D eigenvalue weighted by molar-refractivity contribution is 0.383. The van der Waals surface area contributed by atoms with Gasteiger partial charge in [-0.15, -0.1) is 0 Å². The van der Waals surface area contributed by atoms with Crippen LogP contribution in [0, 0.1) is 5.82 Å². The Morgan fingerprint density at radius 1 is 1.20 bits per heavy atom. The molecule has 0 radical (unpaired) electrons. The van der Waals surface area contributed by atoms with E-state index in [0.29, 0.717) is 17.7 Å². The first kappa shape index (κ1) is 15.5. The normalized spacial score (nSPS) is 12.2. The first-order valence-corrected chi connectivity index (χ1v) is 8.20. The molecule has 0 aliphatic rings. The molecule has 0 N–H and O–H groups in total. The number of benzene rings is 2. The molecule has 0 spiro atoms. The summed E-state index contributed by atoms with van der Waals surface area (Å²) in [4.78, 5) is 0. The third-order valence-corrected chi connectivity index (χ3v) is 4.51. The van der Waals surface area contributed by atoms with Gasteiger partial charge in [-0.1, -0.05) is 56.1 Å². The maximum absolute atomic E-state index is 14.2. The van der Waals surface area contributed by atoms with Gasteiger partial charge in [0.1, 0.15) is 0 Å². The van der Waals surface area contributed by atoms with Gasteiger partial charge in [0.25, 0.3) is 0 Å². The van der Waals surface area contributed by atoms with Crippen LogP contribution in [0.25, 0.3) is 0 Å². The second kappa shape index (κ2) is 7.23. The van der Waals surface area contributed by atoms with Gasteiger partial charge in [0, 0.05) is 9.80 Å². The summed E-state index contributed by atoms with van der Waals surface area (Å²) < 4.78 is 20.3. The summed E-state index contributed by atoms with van der Waals surface area (Å²) in [6.45, 7) is 0. The lowest BCUT2D eigenvalue weighted by Crippen LogP contribution is -2.06. The van der Waals surface area contributed by atoms with Crippen molar-refractivity contribution in [1.29, 1.82) is 0 Å². The maximum atomic E-state index is 14.2. The Morgan fingerprint density at radius 2 is 1.95 bits per heavy atom. The Kier molecular flexibility index (Phi) is 5.61. The van der Waals surface area contributed by atoms with Crippen molar-refractivity contribution in [2.75, 3.05) is 12.4 Å². The predicted molar refractivity (Wildman–Crippen MR) is 87.3 cm³/mol. The van der Waals surface area contributed by atoms with Crippen LogP contribution in [0.15, 0.2) is 46.9 Å². The first-order chi connectivity index (χ1) is 9.65. The van der Waals surface area contributed by atoms with E-state index in [9.17, 15) is 4.39 Å². The molecule has 0 amide bonds. The Hall–Kier alpha value is -0.870. The topological polar surface area (TPSA) is 9.23 Å². The molecule has 0 aliphatic carbocycles. The van der Waals surface area contributed by atoms with E-state index in [1.165, 1.54) is 12.7 Å². The smallest absolute Gasteiger partial charge is 0.168 e. The molecule has 2 aromatic carbocycles. The van der Waals surface area contributed by atoms with Gasteiger partial charge in [-0.3, -0.25) is 0 Å². The standard InChI is InChI=1S/C16H15Br2FO/c1-20-15-7-3-5-12(16(15)19)8-13(10-17)11-4-2-6-14(18)9-11/h2-7,9,13H,8,10H2,1H3. The zero-order valence-electron chi connectivity index (χ0n) is 11.1. The molecule has 0 heterocycles. The van der Waals surface area contributed by atoms with E-state index in [4.69, 9.17) is 4.74 Å². The van der Waals surface area contributed by atoms with Crippen LogP contribution in [0.2, 0.25) is 0 Å². The van der Waals surface area contributed by atoms with Crippen molar-refractivity contribution in [2.45, 2.75) is 12.3 Å². The number of rotatable bonds is 5. The highest BCUT2D eigenvalue weighted by Gasteiger charge is 2.16. The Bertz CT molecular complexity index is 586. The zero-order chi connectivity index (χ0) is 14.5. The van der Waals surface area contributed by atoms with E-state index < -0.39 is 0 Å². The molecule has 0 aromatic heterocycles. The number of hydrogen-bond acceptors (Lipinski definition) is 1. The molecule has 0 aliphatic heterocycles. The minimum atomic E-state index is -0.268. The number of halogens is 3. The molecule has 20 heavy (non-hydrogen) atoms. The molecular formula is C16H15Br2FO. The predicted octanol–water partition coefficient (Wildman–Crippen LogP) is 5.32. The highest BCUT2D eigenvalue weighted by Crippen LogP contribution is 2.29. The van der Waals surface area contributed by atoms with Crippen LogP contribution in [0.3, 0.4) is 0 Å². The molecule has 2 aromatic rings. The van der Waals surface area contributed by atoms with Gasteiger partial charge in [0.15, 0.2) is 11.6 Å². The number of methoxy groups -OCH3 is 1. The second-order valence-electron chi connectivity index (χ2n) is 4.54. The fourth-order valence-corrected chi connectivity index (χ4v) is 3.18. The van der Waals surface area contributed by atoms with Crippen molar-refractivity contribution < 1.29 is 9.13 Å². The summed E-state index contributed by atoms with van der Waals surface area (Å²) >= 11 is 7.00. The zero-order valence-corrected chi connectivity index (χ0v) is 14.2. The molecule has 2 rings (SSSR count). The van der Waals surface area contributed by atoms with E-state index in [-0.39, 0.29) is 11.7 Å². The lowest BCUT2D eigenvalue weighted by Gasteiger charge is -2.16. The monoisotopic (exact) mass is 400 g/mol. The molecule has 106 valence electrons. The lowest BCUT2D eigenvalue weighted by atomic mass is 9.93. The van der Waals surface area contributed by atoms with Gasteiger partial charge in [0.05, 0.1) is 7.11 Å². The summed E-state index contributed by atoms with van der Waals surface area (Å²) in [6.07, 6.45) is 0.630. The van der Waals surface area contributed by atoms with Gasteiger partial charge in [-0.2, -0.15) is 0 Å². The van der Waals surface area contributed by atoms with Crippen LogP contribution in [0.5, 0.6) is 5.75 Å². The van der Waals surface area contributed by atoms with Gasteiger partial charge in [-0.05, 0) is 41.7 Å². The quantitative estimate of drug-likeness (QED) is 0.616. The fraction of sp³-hybridized carbons (Fsp3) is 0.250. The Balaban J connectivity index is 2.27. The van der Waals surface area contributed by atoms with Crippen molar-refractivity contribution in [3.63, 3.8) is 0 Å². The van der Waals surface area contributed by atoms with Gasteiger partial charge >= 0.3 is 0 Å². The van der Waals surface area contributed by atoms with Crippen molar-refractivity contribution in [1.82, 2.24) is 0 Å². The van der Waals surface area contributed by atoms with Crippen LogP contribution >= 0.6 is 31.9 Å². The minimum absolute atomic E-state index is 0.217. The van der Waals surface area contributed by atoms with E-state index in [1.54, 1.807) is 6.07 Å². The summed E-state index contributed by atoms with van der Waals surface area (Å²) in [5.74, 6) is 0.245. The summed E-state index contributed by atoms with van der Waals surface area (Å²) in [6, 6.07) is 13.4. The van der Waals surface area contributed by atoms with E-state index in [0.717, 1.165) is 9.80 Å². The van der Waals surface area contributed by atoms with Crippen LogP contribution in [-0.4, -0.2) is 12.4 Å². The number of alkyl halides is 1. The minimum Gasteiger partial charge on any atom is -0.494 e. The third-order valence-electron chi connectivity index (χ3n) is 3.24. The SMILES string of the molecule is COc1cccc(CC(CBr)c2cccc(Br)c2)c1F. The average molecular weight is 402 g/mol. The van der Waals surface area contributed by atoms with Crippen LogP contribution in [-0.2, 0) is 6.42 Å². The summed E-state index contributed by atoms with van der Waals surface area (Å²) in [5.41, 5.74) is 1.85. The van der Waals surface area contributed by atoms with Crippen molar-refractivity contribution in [3.05, 3.63) is 63.9 Å². The van der Waals surface area contributed by atoms with Crippen molar-refractivity contribution in [2.24, 2.45) is 0 Å². The van der Waals surface area contributed by atoms with Gasteiger partial charge in [0.2, 0.25) is 0 Å². The van der Waals surface area contributed by atoms with Gasteiger partial charge < -0.3 is 4.74 Å². The fourth-order valence-electron chi connectivity index (χ4n) is 2.16.